The number of nitrogens with zero attached hydrogens (tertiary/aromatic N) is 5. The van der Waals surface area contributed by atoms with Crippen molar-refractivity contribution in [1.29, 1.82) is 0 Å². The summed E-state index contributed by atoms with van der Waals surface area (Å²) in [5, 5.41) is 24.6. The van der Waals surface area contributed by atoms with Gasteiger partial charge in [-0.2, -0.15) is 0 Å². The third-order valence-corrected chi connectivity index (χ3v) is 6.70. The number of aromatic nitrogens is 4. The van der Waals surface area contributed by atoms with Crippen LogP contribution in [0.2, 0.25) is 0 Å². The van der Waals surface area contributed by atoms with Gasteiger partial charge in [-0.05, 0) is 63.3 Å². The Bertz CT molecular complexity index is 1230. The van der Waals surface area contributed by atoms with Crippen LogP contribution in [-0.2, 0) is 0 Å². The minimum Gasteiger partial charge on any atom is -0.392 e. The van der Waals surface area contributed by atoms with Crippen LogP contribution in [0.3, 0.4) is 0 Å². The van der Waals surface area contributed by atoms with Crippen molar-refractivity contribution in [3.05, 3.63) is 53.7 Å². The second kappa shape index (κ2) is 10.3. The summed E-state index contributed by atoms with van der Waals surface area (Å²) in [4.78, 5) is 19.1. The molecule has 3 heterocycles. The van der Waals surface area contributed by atoms with Gasteiger partial charge in [0.05, 0.1) is 29.2 Å². The van der Waals surface area contributed by atoms with Gasteiger partial charge in [-0.25, -0.2) is 9.07 Å². The molecule has 2 fully saturated rings. The Labute approximate surface area is 209 Å². The standard InChI is InChI=1S/C26H32FN7O2/c1-16-9-23(27)22(26(36)30-19-3-4-19)11-25(16)34-15-24(31-32-34)18-10-21(13-28-12-18)29-20-5-7-33(8-6-20)14-17(2)35/h9-13,15,17,19-20,29,35H,3-8,14H2,1-2H3,(H,30,36)/t17-/m1/s1. The molecule has 10 heteroatoms. The van der Waals surface area contributed by atoms with Crippen LogP contribution in [0.1, 0.15) is 48.5 Å². The number of likely N-dealkylation sites (tertiary alicyclic amines) is 1. The van der Waals surface area contributed by atoms with Crippen molar-refractivity contribution >= 4 is 11.6 Å². The third kappa shape index (κ3) is 5.71. The normalized spacial score (nSPS) is 17.7. The highest BCUT2D eigenvalue weighted by Crippen LogP contribution is 2.25. The fourth-order valence-electron chi connectivity index (χ4n) is 4.61. The Hall–Kier alpha value is -3.37. The number of hydrogen-bond donors (Lipinski definition) is 3. The summed E-state index contributed by atoms with van der Waals surface area (Å²) in [6.45, 7) is 6.20. The number of hydrogen-bond acceptors (Lipinski definition) is 7. The van der Waals surface area contributed by atoms with Gasteiger partial charge in [0.25, 0.3) is 5.91 Å². The van der Waals surface area contributed by atoms with E-state index in [0.717, 1.165) is 50.0 Å². The largest absolute Gasteiger partial charge is 0.392 e. The molecule has 1 atom stereocenters. The van der Waals surface area contributed by atoms with Crippen LogP contribution in [0.5, 0.6) is 0 Å². The molecule has 1 saturated carbocycles. The smallest absolute Gasteiger partial charge is 0.254 e. The van der Waals surface area contributed by atoms with Crippen LogP contribution in [0.4, 0.5) is 10.1 Å². The molecule has 1 saturated heterocycles. The molecule has 2 aromatic heterocycles. The number of aryl methyl sites for hydroxylation is 1. The first kappa shape index (κ1) is 24.3. The zero-order chi connectivity index (χ0) is 25.2. The number of amides is 1. The summed E-state index contributed by atoms with van der Waals surface area (Å²) in [5.41, 5.74) is 3.61. The van der Waals surface area contributed by atoms with Crippen molar-refractivity contribution in [2.24, 2.45) is 0 Å². The quantitative estimate of drug-likeness (QED) is 0.443. The van der Waals surface area contributed by atoms with Gasteiger partial charge in [-0.3, -0.25) is 9.78 Å². The van der Waals surface area contributed by atoms with E-state index in [1.807, 2.05) is 13.0 Å². The summed E-state index contributed by atoms with van der Waals surface area (Å²) >= 11 is 0. The van der Waals surface area contributed by atoms with Gasteiger partial charge in [0.2, 0.25) is 0 Å². The Morgan fingerprint density at radius 3 is 2.67 bits per heavy atom. The van der Waals surface area contributed by atoms with E-state index in [9.17, 15) is 14.3 Å². The number of β-amino-alcohol motifs (C(OH)–C–C–N with tert-alkyl or cyclic N) is 1. The van der Waals surface area contributed by atoms with E-state index in [2.05, 4.69) is 30.8 Å². The topological polar surface area (TPSA) is 108 Å². The summed E-state index contributed by atoms with van der Waals surface area (Å²) < 4.78 is 16.1. The lowest BCUT2D eigenvalue weighted by Crippen LogP contribution is -2.41. The maximum Gasteiger partial charge on any atom is 0.254 e. The van der Waals surface area contributed by atoms with Crippen molar-refractivity contribution < 1.29 is 14.3 Å². The van der Waals surface area contributed by atoms with Gasteiger partial charge in [0, 0.05) is 49.7 Å². The SMILES string of the molecule is Cc1cc(F)c(C(=O)NC2CC2)cc1-n1cc(-c2cncc(NC3CCN(C[C@@H](C)O)CC3)c2)nn1. The fraction of sp³-hybridized carbons (Fsp3) is 0.462. The molecule has 36 heavy (non-hydrogen) atoms. The van der Waals surface area contributed by atoms with E-state index in [1.54, 1.807) is 30.2 Å². The molecule has 0 radical (unpaired) electrons. The van der Waals surface area contributed by atoms with Crippen molar-refractivity contribution in [3.63, 3.8) is 0 Å². The molecule has 9 nitrogen and oxygen atoms in total. The molecule has 1 aliphatic carbocycles. The number of benzene rings is 1. The minimum atomic E-state index is -0.547. The predicted octanol–water partition coefficient (Wildman–Crippen LogP) is 2.93. The van der Waals surface area contributed by atoms with Gasteiger partial charge in [0.1, 0.15) is 11.5 Å². The zero-order valence-electron chi connectivity index (χ0n) is 20.6. The van der Waals surface area contributed by atoms with Crippen molar-refractivity contribution in [2.75, 3.05) is 25.0 Å². The molecule has 190 valence electrons. The summed E-state index contributed by atoms with van der Waals surface area (Å²) in [5.74, 6) is -0.953. The average Bonchev–Trinajstić information content (AvgIpc) is 3.52. The van der Waals surface area contributed by atoms with Crippen molar-refractivity contribution in [3.8, 4) is 16.9 Å². The number of anilines is 1. The Balaban J connectivity index is 1.29. The number of aliphatic hydroxyl groups is 1. The van der Waals surface area contributed by atoms with E-state index in [0.29, 0.717) is 29.5 Å². The Morgan fingerprint density at radius 1 is 1.17 bits per heavy atom. The lowest BCUT2D eigenvalue weighted by atomic mass is 10.0. The summed E-state index contributed by atoms with van der Waals surface area (Å²) in [6.07, 6.45) is 8.83. The predicted molar refractivity (Wildman–Crippen MR) is 135 cm³/mol. The lowest BCUT2D eigenvalue weighted by Gasteiger charge is -2.33. The number of aliphatic hydroxyl groups excluding tert-OH is 1. The van der Waals surface area contributed by atoms with Gasteiger partial charge in [0.15, 0.2) is 0 Å². The lowest BCUT2D eigenvalue weighted by molar-refractivity contribution is 0.0947. The highest BCUT2D eigenvalue weighted by Gasteiger charge is 2.26. The molecule has 0 bridgehead atoms. The number of piperidine rings is 1. The van der Waals surface area contributed by atoms with E-state index in [1.165, 1.54) is 12.1 Å². The molecule has 0 spiro atoms. The molecule has 5 rings (SSSR count). The molecule has 3 aromatic rings. The second-order valence-electron chi connectivity index (χ2n) is 9.95. The molecule has 1 aromatic carbocycles. The highest BCUT2D eigenvalue weighted by molar-refractivity contribution is 5.95. The molecule has 1 amide bonds. The van der Waals surface area contributed by atoms with Gasteiger partial charge in [-0.15, -0.1) is 5.10 Å². The first-order valence-corrected chi connectivity index (χ1v) is 12.5. The number of nitrogens with one attached hydrogen (secondary N) is 2. The Kier molecular flexibility index (Phi) is 6.97. The number of carbonyl (C=O) groups excluding carboxylic acids is 1. The van der Waals surface area contributed by atoms with E-state index >= 15 is 0 Å². The van der Waals surface area contributed by atoms with Crippen LogP contribution in [0.15, 0.2) is 36.8 Å². The van der Waals surface area contributed by atoms with Crippen LogP contribution in [-0.4, -0.2) is 73.7 Å². The summed E-state index contributed by atoms with van der Waals surface area (Å²) in [6, 6.07) is 5.36. The fourth-order valence-corrected chi connectivity index (χ4v) is 4.61. The first-order valence-electron chi connectivity index (χ1n) is 12.5. The molecule has 3 N–H and O–H groups in total. The average molecular weight is 494 g/mol. The van der Waals surface area contributed by atoms with Crippen LogP contribution >= 0.6 is 0 Å². The zero-order valence-corrected chi connectivity index (χ0v) is 20.6. The Morgan fingerprint density at radius 2 is 1.94 bits per heavy atom. The number of pyridine rings is 1. The first-order chi connectivity index (χ1) is 17.4. The van der Waals surface area contributed by atoms with Crippen LogP contribution in [0, 0.1) is 12.7 Å². The maximum atomic E-state index is 14.5. The number of rotatable bonds is 8. The van der Waals surface area contributed by atoms with Crippen LogP contribution < -0.4 is 10.6 Å². The highest BCUT2D eigenvalue weighted by atomic mass is 19.1. The maximum absolute atomic E-state index is 14.5. The van der Waals surface area contributed by atoms with Crippen molar-refractivity contribution in [2.45, 2.75) is 57.7 Å². The summed E-state index contributed by atoms with van der Waals surface area (Å²) in [7, 11) is 0. The van der Waals surface area contributed by atoms with Gasteiger partial charge >= 0.3 is 0 Å². The molecule has 1 aliphatic heterocycles. The van der Waals surface area contributed by atoms with E-state index in [-0.39, 0.29) is 17.7 Å². The number of carbonyl (C=O) groups is 1. The third-order valence-electron chi connectivity index (χ3n) is 6.70. The monoisotopic (exact) mass is 493 g/mol. The van der Waals surface area contributed by atoms with Crippen LogP contribution in [0.25, 0.3) is 16.9 Å². The molecular weight excluding hydrogens is 461 g/mol. The molecule has 2 aliphatic rings. The minimum absolute atomic E-state index is 0.00640. The number of halogens is 1. The molecule has 0 unspecified atom stereocenters. The van der Waals surface area contributed by atoms with Gasteiger partial charge in [-0.1, -0.05) is 5.21 Å². The van der Waals surface area contributed by atoms with Gasteiger partial charge < -0.3 is 20.6 Å². The molecular formula is C26H32FN7O2. The van der Waals surface area contributed by atoms with E-state index in [4.69, 9.17) is 0 Å². The second-order valence-corrected chi connectivity index (χ2v) is 9.95. The van der Waals surface area contributed by atoms with E-state index < -0.39 is 11.7 Å². The van der Waals surface area contributed by atoms with Crippen molar-refractivity contribution in [1.82, 2.24) is 30.2 Å².